The zero-order valence-corrected chi connectivity index (χ0v) is 10.8. The topological polar surface area (TPSA) is 57.6 Å². The van der Waals surface area contributed by atoms with Crippen LogP contribution in [0.2, 0.25) is 0 Å². The number of nitrogens with zero attached hydrogens (tertiary/aromatic N) is 1. The molecule has 0 spiro atoms. The summed E-state index contributed by atoms with van der Waals surface area (Å²) in [6.07, 6.45) is 0.490. The summed E-state index contributed by atoms with van der Waals surface area (Å²) in [4.78, 5) is 24.3. The van der Waals surface area contributed by atoms with E-state index in [4.69, 9.17) is 0 Å². The van der Waals surface area contributed by atoms with Crippen molar-refractivity contribution in [2.24, 2.45) is 5.92 Å². The second-order valence-corrected chi connectivity index (χ2v) is 6.04. The molecule has 92 valence electrons. The van der Waals surface area contributed by atoms with Gasteiger partial charge in [0.1, 0.15) is 0 Å². The molecule has 1 atom stereocenters. The van der Waals surface area contributed by atoms with E-state index in [1.54, 1.807) is 4.90 Å². The molecule has 1 unspecified atom stereocenters. The Balaban J connectivity index is 2.54. The van der Waals surface area contributed by atoms with Gasteiger partial charge in [-0.05, 0) is 19.8 Å². The lowest BCUT2D eigenvalue weighted by atomic mass is 10.1. The highest BCUT2D eigenvalue weighted by Crippen LogP contribution is 2.28. The third-order valence-corrected chi connectivity index (χ3v) is 3.89. The molecule has 1 N–H and O–H groups in total. The van der Waals surface area contributed by atoms with Gasteiger partial charge in [0.25, 0.3) is 0 Å². The van der Waals surface area contributed by atoms with Gasteiger partial charge in [0.15, 0.2) is 5.12 Å². The fourth-order valence-electron chi connectivity index (χ4n) is 1.80. The third kappa shape index (κ3) is 3.22. The molecular weight excluding hydrogens is 226 g/mol. The number of carbonyl (C=O) groups excluding carboxylic acids is 2. The Morgan fingerprint density at radius 3 is 2.75 bits per heavy atom. The van der Waals surface area contributed by atoms with Crippen LogP contribution in [-0.4, -0.2) is 45.5 Å². The summed E-state index contributed by atoms with van der Waals surface area (Å²) in [7, 11) is 0. The highest BCUT2D eigenvalue weighted by molar-refractivity contribution is 8.13. The Kier molecular flexibility index (Phi) is 4.38. The first-order valence-corrected chi connectivity index (χ1v) is 6.40. The molecule has 0 aliphatic carbocycles. The second kappa shape index (κ2) is 5.19. The number of amides is 1. The summed E-state index contributed by atoms with van der Waals surface area (Å²) < 4.78 is 0. The van der Waals surface area contributed by atoms with Crippen LogP contribution in [0.4, 0.5) is 0 Å². The maximum absolute atomic E-state index is 11.8. The minimum atomic E-state index is -0.493. The lowest BCUT2D eigenvalue weighted by molar-refractivity contribution is -0.133. The van der Waals surface area contributed by atoms with Crippen LogP contribution in [0, 0.1) is 5.92 Å². The summed E-state index contributed by atoms with van der Waals surface area (Å²) in [6, 6.07) is 0. The normalized spacial score (nSPS) is 21.6. The van der Waals surface area contributed by atoms with Crippen molar-refractivity contribution in [3.8, 4) is 0 Å². The number of aliphatic hydroxyl groups is 1. The average Bonchev–Trinajstić information content (AvgIpc) is 2.57. The Labute approximate surface area is 100 Å². The summed E-state index contributed by atoms with van der Waals surface area (Å²) in [5.74, 6) is 0.999. The summed E-state index contributed by atoms with van der Waals surface area (Å²) in [6.45, 7) is 5.85. The first-order chi connectivity index (χ1) is 7.36. The molecule has 1 heterocycles. The molecule has 16 heavy (non-hydrogen) atoms. The molecule has 0 bridgehead atoms. The molecule has 1 fully saturated rings. The van der Waals surface area contributed by atoms with E-state index in [1.165, 1.54) is 18.7 Å². The van der Waals surface area contributed by atoms with Gasteiger partial charge in [0, 0.05) is 25.6 Å². The monoisotopic (exact) mass is 245 g/mol. The van der Waals surface area contributed by atoms with Crippen LogP contribution >= 0.6 is 11.8 Å². The SMILES string of the molecule is CC(=O)SCC1CC(=O)N(C(C)(C)CO)C1. The van der Waals surface area contributed by atoms with Gasteiger partial charge >= 0.3 is 0 Å². The predicted octanol–water partition coefficient (Wildman–Crippen LogP) is 0.885. The molecule has 5 heteroatoms. The second-order valence-electron chi connectivity index (χ2n) is 4.85. The zero-order chi connectivity index (χ0) is 12.3. The van der Waals surface area contributed by atoms with Crippen molar-refractivity contribution in [1.82, 2.24) is 4.90 Å². The fourth-order valence-corrected chi connectivity index (χ4v) is 2.49. The quantitative estimate of drug-likeness (QED) is 0.799. The van der Waals surface area contributed by atoms with E-state index < -0.39 is 5.54 Å². The van der Waals surface area contributed by atoms with Crippen LogP contribution in [0.5, 0.6) is 0 Å². The zero-order valence-electron chi connectivity index (χ0n) is 10.0. The molecule has 1 aliphatic rings. The molecule has 1 saturated heterocycles. The number of thioether (sulfide) groups is 1. The van der Waals surface area contributed by atoms with Crippen LogP contribution in [0.15, 0.2) is 0 Å². The molecule has 0 aromatic heterocycles. The van der Waals surface area contributed by atoms with Crippen LogP contribution in [-0.2, 0) is 9.59 Å². The van der Waals surface area contributed by atoms with E-state index in [1.807, 2.05) is 13.8 Å². The van der Waals surface area contributed by atoms with Crippen LogP contribution < -0.4 is 0 Å². The minimum absolute atomic E-state index is 0.0364. The number of rotatable bonds is 4. The molecule has 0 saturated carbocycles. The van der Waals surface area contributed by atoms with Crippen LogP contribution in [0.1, 0.15) is 27.2 Å². The van der Waals surface area contributed by atoms with E-state index >= 15 is 0 Å². The first-order valence-electron chi connectivity index (χ1n) is 5.41. The predicted molar refractivity (Wildman–Crippen MR) is 64.1 cm³/mol. The number of aliphatic hydroxyl groups excluding tert-OH is 1. The van der Waals surface area contributed by atoms with Crippen molar-refractivity contribution in [3.63, 3.8) is 0 Å². The van der Waals surface area contributed by atoms with Crippen molar-refractivity contribution in [1.29, 1.82) is 0 Å². The number of hydrogen-bond acceptors (Lipinski definition) is 4. The molecular formula is C11H19NO3S. The molecule has 0 aromatic carbocycles. The lowest BCUT2D eigenvalue weighted by Gasteiger charge is -2.34. The van der Waals surface area contributed by atoms with Crippen molar-refractivity contribution in [3.05, 3.63) is 0 Å². The van der Waals surface area contributed by atoms with Gasteiger partial charge in [0.2, 0.25) is 5.91 Å². The number of hydrogen-bond donors (Lipinski definition) is 1. The van der Waals surface area contributed by atoms with E-state index in [2.05, 4.69) is 0 Å². The van der Waals surface area contributed by atoms with Crippen LogP contribution in [0.25, 0.3) is 0 Å². The lowest BCUT2D eigenvalue weighted by Crippen LogP contribution is -2.47. The Morgan fingerprint density at radius 2 is 2.25 bits per heavy atom. The fraction of sp³-hybridized carbons (Fsp3) is 0.818. The van der Waals surface area contributed by atoms with Crippen molar-refractivity contribution >= 4 is 22.8 Å². The van der Waals surface area contributed by atoms with E-state index in [9.17, 15) is 14.7 Å². The standard InChI is InChI=1S/C11H19NO3S/c1-8(14)16-6-9-4-10(15)12(5-9)11(2,3)7-13/h9,13H,4-7H2,1-3H3. The van der Waals surface area contributed by atoms with Gasteiger partial charge in [-0.15, -0.1) is 0 Å². The smallest absolute Gasteiger partial charge is 0.223 e. The molecule has 0 aromatic rings. The summed E-state index contributed by atoms with van der Waals surface area (Å²) in [5.41, 5.74) is -0.493. The molecule has 1 amide bonds. The highest BCUT2D eigenvalue weighted by Gasteiger charge is 2.38. The molecule has 0 radical (unpaired) electrons. The molecule has 4 nitrogen and oxygen atoms in total. The van der Waals surface area contributed by atoms with Crippen molar-refractivity contribution in [2.45, 2.75) is 32.7 Å². The van der Waals surface area contributed by atoms with E-state index in [0.717, 1.165) is 0 Å². The van der Waals surface area contributed by atoms with E-state index in [-0.39, 0.29) is 23.5 Å². The van der Waals surface area contributed by atoms with Gasteiger partial charge in [-0.25, -0.2) is 0 Å². The van der Waals surface area contributed by atoms with Gasteiger partial charge < -0.3 is 10.0 Å². The first kappa shape index (κ1) is 13.5. The maximum atomic E-state index is 11.8. The van der Waals surface area contributed by atoms with Crippen molar-refractivity contribution in [2.75, 3.05) is 18.9 Å². The Hall–Kier alpha value is -0.550. The highest BCUT2D eigenvalue weighted by atomic mass is 32.2. The van der Waals surface area contributed by atoms with Crippen molar-refractivity contribution < 1.29 is 14.7 Å². The van der Waals surface area contributed by atoms with Gasteiger partial charge in [-0.1, -0.05) is 11.8 Å². The number of carbonyl (C=O) groups is 2. The largest absolute Gasteiger partial charge is 0.394 e. The van der Waals surface area contributed by atoms with E-state index in [0.29, 0.717) is 18.7 Å². The Bertz CT molecular complexity index is 291. The Morgan fingerprint density at radius 1 is 1.62 bits per heavy atom. The number of likely N-dealkylation sites (tertiary alicyclic amines) is 1. The van der Waals surface area contributed by atoms with Gasteiger partial charge in [0.05, 0.1) is 12.1 Å². The average molecular weight is 245 g/mol. The molecule has 1 rings (SSSR count). The van der Waals surface area contributed by atoms with Gasteiger partial charge in [-0.2, -0.15) is 0 Å². The third-order valence-electron chi connectivity index (χ3n) is 2.85. The van der Waals surface area contributed by atoms with Crippen LogP contribution in [0.3, 0.4) is 0 Å². The maximum Gasteiger partial charge on any atom is 0.223 e. The summed E-state index contributed by atoms with van der Waals surface area (Å²) >= 11 is 1.27. The summed E-state index contributed by atoms with van der Waals surface area (Å²) in [5, 5.41) is 9.31. The minimum Gasteiger partial charge on any atom is -0.394 e. The van der Waals surface area contributed by atoms with Gasteiger partial charge in [-0.3, -0.25) is 9.59 Å². The molecule has 1 aliphatic heterocycles.